The summed E-state index contributed by atoms with van der Waals surface area (Å²) >= 11 is 0. The summed E-state index contributed by atoms with van der Waals surface area (Å²) in [6.45, 7) is 8.07. The van der Waals surface area contributed by atoms with Gasteiger partial charge in [-0.3, -0.25) is 9.59 Å². The summed E-state index contributed by atoms with van der Waals surface area (Å²) in [5.74, 6) is -0.394. The maximum Gasteiger partial charge on any atom is 0.315 e. The maximum absolute atomic E-state index is 11.2. The number of phenolic OH excluding ortho intramolecular Hbond substituents is 1. The van der Waals surface area contributed by atoms with Gasteiger partial charge in [-0.15, -0.1) is 0 Å². The van der Waals surface area contributed by atoms with Crippen molar-refractivity contribution in [2.24, 2.45) is 5.73 Å². The number of urea groups is 1. The molecule has 174 valence electrons. The van der Waals surface area contributed by atoms with Crippen LogP contribution in [0, 0.1) is 13.8 Å². The number of nitrogens with one attached hydrogen (secondary N) is 2. The Morgan fingerprint density at radius 1 is 1.03 bits per heavy atom. The van der Waals surface area contributed by atoms with Crippen LogP contribution in [0.5, 0.6) is 11.5 Å². The molecular formula is C23H31N3O6. The zero-order chi connectivity index (χ0) is 24.3. The standard InChI is InChI=1S/C12H17NO2.C11H14N2O4/c1-7(2)15-10-5-8(3)11(12(13)14)9(4)6-10;14-9-3-1-8(2-4-9)7-13-11(17)12-6-5-10(15)16/h5-7H,1-4H3,(H2,13,14);1-4,14H,5-7H2,(H,15,16)(H2,12,13,17). The molecule has 2 aromatic carbocycles. The zero-order valence-corrected chi connectivity index (χ0v) is 18.8. The van der Waals surface area contributed by atoms with Crippen molar-refractivity contribution in [3.8, 4) is 11.5 Å². The van der Waals surface area contributed by atoms with E-state index in [0.717, 1.165) is 22.4 Å². The fraction of sp³-hybridized carbons (Fsp3) is 0.348. The number of aliphatic carboxylic acids is 1. The number of phenols is 1. The average molecular weight is 446 g/mol. The van der Waals surface area contributed by atoms with E-state index in [-0.39, 0.29) is 30.7 Å². The molecule has 0 saturated carbocycles. The van der Waals surface area contributed by atoms with Gasteiger partial charge in [0.15, 0.2) is 0 Å². The number of aromatic hydroxyl groups is 1. The van der Waals surface area contributed by atoms with Gasteiger partial charge in [-0.05, 0) is 68.7 Å². The molecule has 3 amide bonds. The number of ether oxygens (including phenoxy) is 1. The zero-order valence-electron chi connectivity index (χ0n) is 18.8. The van der Waals surface area contributed by atoms with Crippen LogP contribution in [-0.2, 0) is 11.3 Å². The molecule has 9 nitrogen and oxygen atoms in total. The van der Waals surface area contributed by atoms with Crippen molar-refractivity contribution in [3.63, 3.8) is 0 Å². The summed E-state index contributed by atoms with van der Waals surface area (Å²) in [5.41, 5.74) is 8.44. The predicted octanol–water partition coefficient (Wildman–Crippen LogP) is 2.86. The van der Waals surface area contributed by atoms with E-state index in [1.165, 1.54) is 12.1 Å². The largest absolute Gasteiger partial charge is 0.508 e. The number of rotatable bonds is 8. The molecule has 0 radical (unpaired) electrons. The van der Waals surface area contributed by atoms with E-state index in [1.807, 2.05) is 39.8 Å². The molecule has 0 aliphatic rings. The van der Waals surface area contributed by atoms with Crippen molar-refractivity contribution >= 4 is 17.9 Å². The summed E-state index contributed by atoms with van der Waals surface area (Å²) in [6, 6.07) is 9.69. The number of aryl methyl sites for hydroxylation is 2. The third-order valence-corrected chi connectivity index (χ3v) is 4.14. The van der Waals surface area contributed by atoms with Gasteiger partial charge in [0.2, 0.25) is 5.91 Å². The minimum atomic E-state index is -0.955. The van der Waals surface area contributed by atoms with Gasteiger partial charge in [-0.1, -0.05) is 12.1 Å². The van der Waals surface area contributed by atoms with Crippen molar-refractivity contribution in [3.05, 3.63) is 58.7 Å². The van der Waals surface area contributed by atoms with Crippen LogP contribution in [0.2, 0.25) is 0 Å². The number of carboxylic acid groups (broad SMARTS) is 1. The van der Waals surface area contributed by atoms with Gasteiger partial charge in [0, 0.05) is 18.7 Å². The highest BCUT2D eigenvalue weighted by Gasteiger charge is 2.11. The van der Waals surface area contributed by atoms with Crippen molar-refractivity contribution in [2.45, 2.75) is 46.8 Å². The molecule has 9 heteroatoms. The number of carbonyl (C=O) groups excluding carboxylic acids is 2. The van der Waals surface area contributed by atoms with Crippen LogP contribution in [0.1, 0.15) is 47.3 Å². The van der Waals surface area contributed by atoms with Crippen molar-refractivity contribution < 1.29 is 29.3 Å². The van der Waals surface area contributed by atoms with Crippen LogP contribution in [0.15, 0.2) is 36.4 Å². The fourth-order valence-corrected chi connectivity index (χ4v) is 2.79. The van der Waals surface area contributed by atoms with Crippen molar-refractivity contribution in [2.75, 3.05) is 6.54 Å². The third-order valence-electron chi connectivity index (χ3n) is 4.14. The number of nitrogens with two attached hydrogens (primary N) is 1. The Balaban J connectivity index is 0.000000323. The molecule has 0 fully saturated rings. The van der Waals surface area contributed by atoms with E-state index in [2.05, 4.69) is 10.6 Å². The lowest BCUT2D eigenvalue weighted by atomic mass is 10.0. The Morgan fingerprint density at radius 3 is 2.06 bits per heavy atom. The number of hydrogen-bond acceptors (Lipinski definition) is 5. The lowest BCUT2D eigenvalue weighted by Crippen LogP contribution is -2.36. The molecule has 32 heavy (non-hydrogen) atoms. The molecule has 0 bridgehead atoms. The Hall–Kier alpha value is -3.75. The van der Waals surface area contributed by atoms with Crippen LogP contribution in [0.4, 0.5) is 4.79 Å². The molecule has 0 unspecified atom stereocenters. The molecule has 0 spiro atoms. The first-order valence-electron chi connectivity index (χ1n) is 10.1. The number of carboxylic acids is 1. The summed E-state index contributed by atoms with van der Waals surface area (Å²) in [7, 11) is 0. The second-order valence-corrected chi connectivity index (χ2v) is 7.38. The van der Waals surface area contributed by atoms with Crippen molar-refractivity contribution in [1.82, 2.24) is 10.6 Å². The van der Waals surface area contributed by atoms with Crippen LogP contribution in [0.3, 0.4) is 0 Å². The van der Waals surface area contributed by atoms with E-state index in [1.54, 1.807) is 12.1 Å². The first-order chi connectivity index (χ1) is 15.0. The molecule has 0 aromatic heterocycles. The van der Waals surface area contributed by atoms with Crippen LogP contribution < -0.4 is 21.1 Å². The van der Waals surface area contributed by atoms with Gasteiger partial charge in [-0.2, -0.15) is 0 Å². The molecule has 0 aliphatic carbocycles. The lowest BCUT2D eigenvalue weighted by molar-refractivity contribution is -0.136. The van der Waals surface area contributed by atoms with E-state index in [0.29, 0.717) is 12.1 Å². The Labute approximate surface area is 187 Å². The second kappa shape index (κ2) is 12.8. The monoisotopic (exact) mass is 445 g/mol. The van der Waals surface area contributed by atoms with Gasteiger partial charge in [0.25, 0.3) is 0 Å². The lowest BCUT2D eigenvalue weighted by Gasteiger charge is -2.13. The average Bonchev–Trinajstić information content (AvgIpc) is 2.66. The van der Waals surface area contributed by atoms with E-state index >= 15 is 0 Å². The number of amides is 3. The fourth-order valence-electron chi connectivity index (χ4n) is 2.79. The Bertz CT molecular complexity index is 903. The van der Waals surface area contributed by atoms with E-state index in [9.17, 15) is 14.4 Å². The predicted molar refractivity (Wildman–Crippen MR) is 121 cm³/mol. The quantitative estimate of drug-likeness (QED) is 0.421. The van der Waals surface area contributed by atoms with Crippen LogP contribution in [-0.4, -0.2) is 40.8 Å². The highest BCUT2D eigenvalue weighted by Crippen LogP contribution is 2.22. The number of hydrogen-bond donors (Lipinski definition) is 5. The topological polar surface area (TPSA) is 151 Å². The van der Waals surface area contributed by atoms with E-state index < -0.39 is 12.0 Å². The molecule has 0 atom stereocenters. The minimum absolute atomic E-state index is 0.0940. The highest BCUT2D eigenvalue weighted by molar-refractivity contribution is 5.96. The van der Waals surface area contributed by atoms with Crippen molar-refractivity contribution in [1.29, 1.82) is 0 Å². The summed E-state index contributed by atoms with van der Waals surface area (Å²) in [6.07, 6.45) is 0.0235. The minimum Gasteiger partial charge on any atom is -0.508 e. The molecule has 2 rings (SSSR count). The van der Waals surface area contributed by atoms with E-state index in [4.69, 9.17) is 20.7 Å². The molecule has 6 N–H and O–H groups in total. The Kier molecular flexibility index (Phi) is 10.5. The van der Waals surface area contributed by atoms with Gasteiger partial charge < -0.3 is 31.3 Å². The van der Waals surface area contributed by atoms with Crippen LogP contribution in [0.25, 0.3) is 0 Å². The van der Waals surface area contributed by atoms with Gasteiger partial charge in [0.1, 0.15) is 11.5 Å². The number of benzene rings is 2. The first-order valence-corrected chi connectivity index (χ1v) is 10.1. The molecule has 0 heterocycles. The van der Waals surface area contributed by atoms with Gasteiger partial charge in [-0.25, -0.2) is 4.79 Å². The normalized spacial score (nSPS) is 10.0. The van der Waals surface area contributed by atoms with Gasteiger partial charge >= 0.3 is 12.0 Å². The summed E-state index contributed by atoms with van der Waals surface area (Å²) < 4.78 is 5.56. The number of carbonyl (C=O) groups is 3. The molecule has 0 aliphatic heterocycles. The smallest absolute Gasteiger partial charge is 0.315 e. The highest BCUT2D eigenvalue weighted by atomic mass is 16.5. The molecule has 2 aromatic rings. The Morgan fingerprint density at radius 2 is 1.59 bits per heavy atom. The van der Waals surface area contributed by atoms with Gasteiger partial charge in [0.05, 0.1) is 12.5 Å². The number of primary amides is 1. The summed E-state index contributed by atoms with van der Waals surface area (Å²) in [4.78, 5) is 32.6. The second-order valence-electron chi connectivity index (χ2n) is 7.38. The molecule has 0 saturated heterocycles. The maximum atomic E-state index is 11.2. The summed E-state index contributed by atoms with van der Waals surface area (Å²) in [5, 5.41) is 22.4. The third kappa shape index (κ3) is 9.84. The van der Waals surface area contributed by atoms with Crippen LogP contribution >= 0.6 is 0 Å². The molecular weight excluding hydrogens is 414 g/mol. The first kappa shape index (κ1) is 26.3. The SMILES string of the molecule is Cc1cc(OC(C)C)cc(C)c1C(N)=O.O=C(O)CCNC(=O)NCc1ccc(O)cc1.